The third-order valence-electron chi connectivity index (χ3n) is 8.99. The molecular formula is C40H35N6+3. The van der Waals surface area contributed by atoms with Gasteiger partial charge in [-0.1, -0.05) is 72.8 Å². The zero-order valence-corrected chi connectivity index (χ0v) is 26.5. The monoisotopic (exact) mass is 599 g/mol. The minimum atomic E-state index is -1.11. The number of rotatable bonds is 3. The number of benzene rings is 6. The van der Waals surface area contributed by atoms with Crippen molar-refractivity contribution >= 4 is 51.1 Å². The van der Waals surface area contributed by atoms with E-state index < -0.39 is 5.91 Å². The van der Waals surface area contributed by atoms with Crippen LogP contribution in [-0.4, -0.2) is 33.1 Å². The topological polar surface area (TPSA) is 37.0 Å². The molecule has 8 rings (SSSR count). The van der Waals surface area contributed by atoms with Crippen LogP contribution in [0.25, 0.3) is 10.8 Å². The van der Waals surface area contributed by atoms with Crippen LogP contribution in [0.5, 0.6) is 0 Å². The lowest BCUT2D eigenvalue weighted by atomic mass is 10.0. The molecule has 0 saturated carbocycles. The predicted molar refractivity (Wildman–Crippen MR) is 184 cm³/mol. The average molecular weight is 600 g/mol. The van der Waals surface area contributed by atoms with E-state index in [1.165, 1.54) is 0 Å². The van der Waals surface area contributed by atoms with Gasteiger partial charge in [-0.05, 0) is 84.3 Å². The molecule has 0 saturated heterocycles. The van der Waals surface area contributed by atoms with E-state index in [9.17, 15) is 0 Å². The first-order valence-electron chi connectivity index (χ1n) is 15.7. The highest BCUT2D eigenvalue weighted by atomic mass is 15.7. The molecule has 1 atom stereocenters. The highest BCUT2D eigenvalue weighted by Crippen LogP contribution is 2.51. The Kier molecular flexibility index (Phi) is 6.46. The second-order valence-electron chi connectivity index (χ2n) is 12.2. The van der Waals surface area contributed by atoms with Gasteiger partial charge in [0.25, 0.3) is 11.4 Å². The lowest BCUT2D eigenvalue weighted by Crippen LogP contribution is -2.68. The van der Waals surface area contributed by atoms with Crippen LogP contribution in [-0.2, 0) is 0 Å². The highest BCUT2D eigenvalue weighted by Gasteiger charge is 2.78. The fourth-order valence-corrected chi connectivity index (χ4v) is 6.97. The van der Waals surface area contributed by atoms with E-state index in [2.05, 4.69) is 180 Å². The fourth-order valence-electron chi connectivity index (χ4n) is 6.97. The maximum absolute atomic E-state index is 5.60. The Hall–Kier alpha value is -5.75. The number of fused-ring (bicyclic) bond motifs is 3. The first-order valence-corrected chi connectivity index (χ1v) is 15.7. The molecule has 0 aromatic heterocycles. The summed E-state index contributed by atoms with van der Waals surface area (Å²) in [5.41, 5.74) is 10.3. The van der Waals surface area contributed by atoms with Gasteiger partial charge in [0, 0.05) is 46.6 Å². The Bertz CT molecular complexity index is 2250. The van der Waals surface area contributed by atoms with Crippen LogP contribution in [0.15, 0.2) is 144 Å². The minimum Gasteiger partial charge on any atom is -0.184 e. The Morgan fingerprint density at radius 1 is 0.630 bits per heavy atom. The quantitative estimate of drug-likeness (QED) is 0.187. The van der Waals surface area contributed by atoms with Crippen LogP contribution in [0, 0.1) is 20.8 Å². The number of para-hydroxylation sites is 1. The summed E-state index contributed by atoms with van der Waals surface area (Å²) in [6.07, 6.45) is 2.25. The molecular weight excluding hydrogens is 564 g/mol. The molecule has 6 heteroatoms. The van der Waals surface area contributed by atoms with Gasteiger partial charge < -0.3 is 0 Å². The molecule has 1 unspecified atom stereocenters. The SMILES string of the molecule is Cc1ccc2c(c1)N=[N+](c1ccccc1)C1(N2C)[N+](c2cccc3ccccc23)=Nc2cc(C)cc(C)c2/[N+]1=C\c1ccccc1. The van der Waals surface area contributed by atoms with E-state index in [0.29, 0.717) is 0 Å². The number of hydrogen-bond acceptors (Lipinski definition) is 3. The van der Waals surface area contributed by atoms with Crippen molar-refractivity contribution in [1.29, 1.82) is 0 Å². The molecule has 2 heterocycles. The van der Waals surface area contributed by atoms with Crippen molar-refractivity contribution in [2.24, 2.45) is 10.2 Å². The first kappa shape index (κ1) is 27.8. The molecule has 0 fully saturated rings. The maximum atomic E-state index is 5.60. The first-order chi connectivity index (χ1) is 22.4. The Morgan fingerprint density at radius 2 is 1.30 bits per heavy atom. The van der Waals surface area contributed by atoms with Crippen molar-refractivity contribution in [3.8, 4) is 0 Å². The summed E-state index contributed by atoms with van der Waals surface area (Å²) >= 11 is 0. The molecule has 0 radical (unpaired) electrons. The third kappa shape index (κ3) is 4.21. The van der Waals surface area contributed by atoms with E-state index >= 15 is 0 Å². The van der Waals surface area contributed by atoms with Crippen molar-refractivity contribution < 1.29 is 14.0 Å². The molecule has 6 aromatic carbocycles. The maximum Gasteiger partial charge on any atom is 0.707 e. The zero-order valence-electron chi connectivity index (χ0n) is 26.5. The van der Waals surface area contributed by atoms with Crippen LogP contribution in [0.3, 0.4) is 0 Å². The van der Waals surface area contributed by atoms with E-state index in [0.717, 1.165) is 67.2 Å². The summed E-state index contributed by atoms with van der Waals surface area (Å²) < 4.78 is 6.69. The Morgan fingerprint density at radius 3 is 2.11 bits per heavy atom. The fraction of sp³-hybridized carbons (Fsp3) is 0.125. The van der Waals surface area contributed by atoms with Crippen molar-refractivity contribution in [3.63, 3.8) is 0 Å². The van der Waals surface area contributed by atoms with Crippen molar-refractivity contribution in [2.45, 2.75) is 26.7 Å². The molecule has 6 nitrogen and oxygen atoms in total. The lowest BCUT2D eigenvalue weighted by molar-refractivity contribution is -0.972. The summed E-state index contributed by atoms with van der Waals surface area (Å²) in [6, 6.07) is 46.8. The number of azo groups is 4. The standard InChI is InChI=1S/C40H35N6/c1-28-22-23-38-35(25-28)41-45(33-18-9-6-10-19-33)40(43(38)4)44(27-31-14-7-5-8-15-31)39-30(3)24-29(2)26-36(39)42-46(40)37-21-13-17-32-16-11-12-20-34(32)37/h5-27H,1-4H3/q+3/b44-27+. The molecule has 0 aliphatic carbocycles. The van der Waals surface area contributed by atoms with E-state index in [1.54, 1.807) is 0 Å². The van der Waals surface area contributed by atoms with E-state index in [-0.39, 0.29) is 0 Å². The van der Waals surface area contributed by atoms with Gasteiger partial charge in [-0.15, -0.1) is 0 Å². The Labute approximate surface area is 269 Å². The smallest absolute Gasteiger partial charge is 0.184 e. The Balaban J connectivity index is 1.60. The van der Waals surface area contributed by atoms with Gasteiger partial charge in [-0.3, -0.25) is 0 Å². The van der Waals surface area contributed by atoms with Gasteiger partial charge in [-0.2, -0.15) is 4.90 Å². The number of aryl methyl sites for hydroxylation is 3. The molecule has 1 spiro atoms. The highest BCUT2D eigenvalue weighted by molar-refractivity contribution is 5.90. The molecule has 46 heavy (non-hydrogen) atoms. The molecule has 222 valence electrons. The number of hydrogen-bond donors (Lipinski definition) is 0. The van der Waals surface area contributed by atoms with Crippen LogP contribution in [0.4, 0.5) is 34.1 Å². The van der Waals surface area contributed by atoms with Gasteiger partial charge in [0.2, 0.25) is 11.4 Å². The van der Waals surface area contributed by atoms with Crippen molar-refractivity contribution in [1.82, 2.24) is 0 Å². The molecule has 6 aromatic rings. The molecule has 0 amide bonds. The van der Waals surface area contributed by atoms with Gasteiger partial charge in [-0.25, -0.2) is 0 Å². The third-order valence-corrected chi connectivity index (χ3v) is 8.99. The predicted octanol–water partition coefficient (Wildman–Crippen LogP) is 10.2. The average Bonchev–Trinajstić information content (AvgIpc) is 3.07. The second kappa shape index (κ2) is 10.7. The van der Waals surface area contributed by atoms with Crippen LogP contribution in [0.2, 0.25) is 0 Å². The second-order valence-corrected chi connectivity index (χ2v) is 12.2. The summed E-state index contributed by atoms with van der Waals surface area (Å²) in [7, 11) is 2.16. The summed E-state index contributed by atoms with van der Waals surface area (Å²) in [6.45, 7) is 6.43. The summed E-state index contributed by atoms with van der Waals surface area (Å²) in [5.74, 6) is -1.11. The van der Waals surface area contributed by atoms with Crippen LogP contribution < -0.4 is 4.90 Å². The van der Waals surface area contributed by atoms with Crippen LogP contribution in [0.1, 0.15) is 22.3 Å². The zero-order chi connectivity index (χ0) is 31.4. The molecule has 0 bridgehead atoms. The molecule has 2 aliphatic heterocycles. The normalized spacial score (nSPS) is 17.9. The van der Waals surface area contributed by atoms with Gasteiger partial charge in [0.05, 0.1) is 20.5 Å². The number of nitrogens with zero attached hydrogens (tertiary/aromatic N) is 6. The van der Waals surface area contributed by atoms with Gasteiger partial charge in [0.15, 0.2) is 11.9 Å². The minimum absolute atomic E-state index is 0.902. The van der Waals surface area contributed by atoms with Crippen LogP contribution >= 0.6 is 0 Å². The largest absolute Gasteiger partial charge is 0.707 e. The molecule has 0 N–H and O–H groups in total. The lowest BCUT2D eigenvalue weighted by Gasteiger charge is -2.33. The van der Waals surface area contributed by atoms with E-state index in [1.807, 2.05) is 6.07 Å². The van der Waals surface area contributed by atoms with Gasteiger partial charge >= 0.3 is 5.91 Å². The molecule has 2 aliphatic rings. The van der Waals surface area contributed by atoms with Crippen molar-refractivity contribution in [3.05, 3.63) is 156 Å². The summed E-state index contributed by atoms with van der Waals surface area (Å²) in [5, 5.41) is 13.4. The van der Waals surface area contributed by atoms with Gasteiger partial charge in [0.1, 0.15) is 0 Å². The van der Waals surface area contributed by atoms with E-state index in [4.69, 9.17) is 10.2 Å². The van der Waals surface area contributed by atoms with Crippen molar-refractivity contribution in [2.75, 3.05) is 11.9 Å². The summed E-state index contributed by atoms with van der Waals surface area (Å²) in [4.78, 5) is 2.33. The number of anilines is 1.